The predicted molar refractivity (Wildman–Crippen MR) is 147 cm³/mol. The van der Waals surface area contributed by atoms with Crippen LogP contribution in [-0.4, -0.2) is 79.8 Å². The number of alkyl halides is 3. The molecule has 2 fully saturated rings. The normalized spacial score (nSPS) is 18.4. The quantitative estimate of drug-likeness (QED) is 0.448. The van der Waals surface area contributed by atoms with Crippen molar-refractivity contribution < 1.29 is 27.1 Å². The van der Waals surface area contributed by atoms with Crippen LogP contribution in [0.2, 0.25) is 0 Å². The number of hydrogen-bond acceptors (Lipinski definition) is 7. The Labute approximate surface area is 233 Å². The van der Waals surface area contributed by atoms with Gasteiger partial charge >= 0.3 is 6.18 Å². The summed E-state index contributed by atoms with van der Waals surface area (Å²) in [7, 11) is 1.97. The Morgan fingerprint density at radius 2 is 1.85 bits per heavy atom. The van der Waals surface area contributed by atoms with Gasteiger partial charge in [0.2, 0.25) is 5.56 Å². The number of carbonyl (C=O) groups excluding carboxylic acids is 1. The highest BCUT2D eigenvalue weighted by Gasteiger charge is 2.36. The third-order valence-corrected chi connectivity index (χ3v) is 7.45. The first-order valence-corrected chi connectivity index (χ1v) is 13.2. The number of likely N-dealkylation sites (N-methyl/N-ethyl adjacent to an activating group) is 1. The minimum Gasteiger partial charge on any atom is -0.378 e. The molecule has 0 spiro atoms. The highest BCUT2D eigenvalue weighted by atomic mass is 19.4. The van der Waals surface area contributed by atoms with E-state index in [0.717, 1.165) is 6.20 Å². The zero-order valence-corrected chi connectivity index (χ0v) is 22.6. The van der Waals surface area contributed by atoms with Crippen molar-refractivity contribution in [1.29, 1.82) is 0 Å². The molecule has 0 radical (unpaired) electrons. The Morgan fingerprint density at radius 3 is 2.56 bits per heavy atom. The molecule has 2 aliphatic rings. The third kappa shape index (κ3) is 6.20. The molecule has 2 aromatic heterocycles. The summed E-state index contributed by atoms with van der Waals surface area (Å²) in [6.07, 6.45) is -4.20. The lowest BCUT2D eigenvalue weighted by atomic mass is 10.0. The van der Waals surface area contributed by atoms with E-state index in [1.165, 1.54) is 12.1 Å². The molecule has 4 heterocycles. The topological polar surface area (TPSA) is 93.8 Å². The van der Waals surface area contributed by atoms with Crippen LogP contribution < -0.4 is 20.7 Å². The van der Waals surface area contributed by atoms with Gasteiger partial charge in [0.15, 0.2) is 0 Å². The van der Waals surface area contributed by atoms with Crippen LogP contribution >= 0.6 is 0 Å². The summed E-state index contributed by atoms with van der Waals surface area (Å²) in [6.45, 7) is 6.03. The lowest BCUT2D eigenvalue weighted by Gasteiger charge is -2.39. The monoisotopic (exact) mass is 574 g/mol. The molecule has 2 N–H and O–H groups in total. The van der Waals surface area contributed by atoms with Crippen LogP contribution in [0.4, 0.5) is 34.8 Å². The average Bonchev–Trinajstić information content (AvgIpc) is 2.95. The number of anilines is 3. The summed E-state index contributed by atoms with van der Waals surface area (Å²) >= 11 is 0. The van der Waals surface area contributed by atoms with Gasteiger partial charge in [-0.05, 0) is 38.2 Å². The molecule has 13 heteroatoms. The van der Waals surface area contributed by atoms with Crippen molar-refractivity contribution in [2.45, 2.75) is 19.1 Å². The predicted octanol–water partition coefficient (Wildman–Crippen LogP) is 3.82. The van der Waals surface area contributed by atoms with E-state index in [2.05, 4.69) is 20.2 Å². The lowest BCUT2D eigenvalue weighted by molar-refractivity contribution is -0.138. The van der Waals surface area contributed by atoms with E-state index >= 15 is 4.39 Å². The van der Waals surface area contributed by atoms with Crippen molar-refractivity contribution in [3.05, 3.63) is 69.9 Å². The number of rotatable bonds is 5. The fraction of sp³-hybridized carbons (Fsp3) is 0.393. The second-order valence-corrected chi connectivity index (χ2v) is 10.2. The second-order valence-electron chi connectivity index (χ2n) is 10.2. The van der Waals surface area contributed by atoms with Crippen molar-refractivity contribution in [3.63, 3.8) is 0 Å². The van der Waals surface area contributed by atoms with E-state index < -0.39 is 34.6 Å². The Morgan fingerprint density at radius 1 is 1.10 bits per heavy atom. The number of amides is 1. The molecule has 0 bridgehead atoms. The van der Waals surface area contributed by atoms with Gasteiger partial charge < -0.3 is 29.7 Å². The summed E-state index contributed by atoms with van der Waals surface area (Å²) in [5, 5.41) is 2.56. The molecule has 0 saturated carbocycles. The zero-order valence-electron chi connectivity index (χ0n) is 22.6. The van der Waals surface area contributed by atoms with Crippen molar-refractivity contribution in [2.75, 3.05) is 68.1 Å². The maximum Gasteiger partial charge on any atom is 0.417 e. The number of hydrogen-bond donors (Lipinski definition) is 2. The highest BCUT2D eigenvalue weighted by Crippen LogP contribution is 2.37. The Balaban J connectivity index is 1.56. The number of aromatic amines is 1. The number of aromatic nitrogens is 2. The maximum atomic E-state index is 15.7. The summed E-state index contributed by atoms with van der Waals surface area (Å²) in [6, 6.07) is 8.32. The van der Waals surface area contributed by atoms with Crippen molar-refractivity contribution in [3.8, 4) is 11.3 Å². The average molecular weight is 575 g/mol. The van der Waals surface area contributed by atoms with E-state index in [0.29, 0.717) is 69.2 Å². The van der Waals surface area contributed by atoms with E-state index in [1.54, 1.807) is 12.1 Å². The van der Waals surface area contributed by atoms with Crippen molar-refractivity contribution in [1.82, 2.24) is 14.9 Å². The Kier molecular flexibility index (Phi) is 8.00. The minimum atomic E-state index is -4.94. The standard InChI is InChI=1S/C28H30F4N6O3/c1-17-16-38(7-6-36(17)2)24-14-21(29)18(22-4-3-5-25(34-22)37-8-10-41-11-9-37)12-23(24)35-27(40)19-15-33-26(39)13-20(19)28(30,31)32/h3-5,12-15,17H,6-11,16H2,1-2H3,(H,33,39)(H,35,40). The molecule has 5 rings (SSSR count). The molecular formula is C28H30F4N6O3. The van der Waals surface area contributed by atoms with Gasteiger partial charge in [0.25, 0.3) is 5.91 Å². The number of piperazine rings is 1. The van der Waals surface area contributed by atoms with E-state index in [4.69, 9.17) is 4.74 Å². The van der Waals surface area contributed by atoms with Crippen LogP contribution in [0, 0.1) is 5.82 Å². The van der Waals surface area contributed by atoms with E-state index in [1.807, 2.05) is 29.8 Å². The lowest BCUT2D eigenvalue weighted by Crippen LogP contribution is -2.50. The number of ether oxygens (including phenoxy) is 1. The summed E-state index contributed by atoms with van der Waals surface area (Å²) in [4.78, 5) is 37.7. The van der Waals surface area contributed by atoms with Crippen LogP contribution in [0.25, 0.3) is 11.3 Å². The fourth-order valence-corrected chi connectivity index (χ4v) is 5.01. The van der Waals surface area contributed by atoms with Gasteiger partial charge in [0.1, 0.15) is 11.6 Å². The molecule has 0 aliphatic carbocycles. The number of carbonyl (C=O) groups is 1. The number of halogens is 4. The number of nitrogens with zero attached hydrogens (tertiary/aromatic N) is 4. The largest absolute Gasteiger partial charge is 0.417 e. The number of pyridine rings is 2. The van der Waals surface area contributed by atoms with Gasteiger partial charge in [0, 0.05) is 56.6 Å². The molecule has 1 amide bonds. The van der Waals surface area contributed by atoms with E-state index in [-0.39, 0.29) is 17.3 Å². The van der Waals surface area contributed by atoms with Crippen molar-refractivity contribution in [2.24, 2.45) is 0 Å². The van der Waals surface area contributed by atoms with Crippen LogP contribution in [0.5, 0.6) is 0 Å². The van der Waals surface area contributed by atoms with Gasteiger partial charge in [-0.2, -0.15) is 13.2 Å². The molecule has 3 aromatic rings. The van der Waals surface area contributed by atoms with Crippen LogP contribution in [0.15, 0.2) is 47.4 Å². The molecule has 1 atom stereocenters. The van der Waals surface area contributed by atoms with Crippen LogP contribution in [0.1, 0.15) is 22.8 Å². The van der Waals surface area contributed by atoms with Gasteiger partial charge in [-0.3, -0.25) is 9.59 Å². The van der Waals surface area contributed by atoms with Gasteiger partial charge in [-0.25, -0.2) is 9.37 Å². The number of benzene rings is 1. The smallest absolute Gasteiger partial charge is 0.378 e. The summed E-state index contributed by atoms with van der Waals surface area (Å²) < 4.78 is 62.2. The molecule has 41 heavy (non-hydrogen) atoms. The first-order valence-electron chi connectivity index (χ1n) is 13.2. The van der Waals surface area contributed by atoms with Gasteiger partial charge in [0.05, 0.1) is 41.4 Å². The summed E-state index contributed by atoms with van der Waals surface area (Å²) in [5.41, 5.74) is -2.26. The van der Waals surface area contributed by atoms with Gasteiger partial charge in [-0.1, -0.05) is 6.07 Å². The fourth-order valence-electron chi connectivity index (χ4n) is 5.01. The molecule has 2 saturated heterocycles. The number of morpholine rings is 1. The number of H-pyrrole nitrogens is 1. The Bertz CT molecular complexity index is 1490. The Hall–Kier alpha value is -3.97. The van der Waals surface area contributed by atoms with Crippen LogP contribution in [-0.2, 0) is 10.9 Å². The molecule has 9 nitrogen and oxygen atoms in total. The highest BCUT2D eigenvalue weighted by molar-refractivity contribution is 6.07. The van der Waals surface area contributed by atoms with Gasteiger partial charge in [-0.15, -0.1) is 0 Å². The third-order valence-electron chi connectivity index (χ3n) is 7.45. The number of nitrogens with one attached hydrogen (secondary N) is 2. The van der Waals surface area contributed by atoms with Crippen molar-refractivity contribution >= 4 is 23.1 Å². The molecule has 2 aliphatic heterocycles. The first kappa shape index (κ1) is 28.6. The molecule has 1 aromatic carbocycles. The van der Waals surface area contributed by atoms with Crippen LogP contribution in [0.3, 0.4) is 0 Å². The summed E-state index contributed by atoms with van der Waals surface area (Å²) in [5.74, 6) is -1.04. The molecule has 218 valence electrons. The first-order chi connectivity index (χ1) is 19.5. The molecule has 1 unspecified atom stereocenters. The maximum absolute atomic E-state index is 15.7. The molecular weight excluding hydrogens is 544 g/mol. The SMILES string of the molecule is CC1CN(c2cc(F)c(-c3cccc(N4CCOCC4)n3)cc2NC(=O)c2c[nH]c(=O)cc2C(F)(F)F)CCN1C. The second kappa shape index (κ2) is 11.5. The zero-order chi connectivity index (χ0) is 29.3. The van der Waals surface area contributed by atoms with E-state index in [9.17, 15) is 22.8 Å². The minimum absolute atomic E-state index is 0.0823.